The summed E-state index contributed by atoms with van der Waals surface area (Å²) in [7, 11) is 1.67. The van der Waals surface area contributed by atoms with Crippen LogP contribution in [0.1, 0.15) is 17.3 Å². The van der Waals surface area contributed by atoms with Crippen molar-refractivity contribution in [2.24, 2.45) is 0 Å². The molecule has 6 heteroatoms. The molecule has 2 aromatic rings. The van der Waals surface area contributed by atoms with Crippen molar-refractivity contribution in [1.29, 1.82) is 0 Å². The lowest BCUT2D eigenvalue weighted by Crippen LogP contribution is -2.18. The SMILES string of the molecule is COCCNCc1nc(Cc2cccc(Br)c2)no1. The van der Waals surface area contributed by atoms with E-state index in [1.165, 1.54) is 0 Å². The van der Waals surface area contributed by atoms with E-state index in [0.29, 0.717) is 31.3 Å². The minimum absolute atomic E-state index is 0.564. The third kappa shape index (κ3) is 4.74. The maximum absolute atomic E-state index is 5.17. The van der Waals surface area contributed by atoms with E-state index in [9.17, 15) is 0 Å². The van der Waals surface area contributed by atoms with Crippen LogP contribution in [0, 0.1) is 0 Å². The molecule has 0 aliphatic heterocycles. The van der Waals surface area contributed by atoms with Crippen LogP contribution in [0.2, 0.25) is 0 Å². The first-order chi connectivity index (χ1) is 9.28. The fourth-order valence-corrected chi connectivity index (χ4v) is 2.08. The monoisotopic (exact) mass is 325 g/mol. The van der Waals surface area contributed by atoms with E-state index in [4.69, 9.17) is 9.26 Å². The highest BCUT2D eigenvalue weighted by molar-refractivity contribution is 9.10. The molecule has 0 fully saturated rings. The molecule has 0 atom stereocenters. The van der Waals surface area contributed by atoms with Crippen LogP contribution in [-0.2, 0) is 17.7 Å². The molecule has 0 radical (unpaired) electrons. The molecule has 1 aromatic carbocycles. The van der Waals surface area contributed by atoms with E-state index < -0.39 is 0 Å². The fourth-order valence-electron chi connectivity index (χ4n) is 1.63. The zero-order chi connectivity index (χ0) is 13.5. The van der Waals surface area contributed by atoms with E-state index in [1.54, 1.807) is 7.11 Å². The molecule has 0 spiro atoms. The van der Waals surface area contributed by atoms with Crippen LogP contribution in [0.4, 0.5) is 0 Å². The zero-order valence-corrected chi connectivity index (χ0v) is 12.3. The van der Waals surface area contributed by atoms with Gasteiger partial charge in [-0.3, -0.25) is 0 Å². The van der Waals surface area contributed by atoms with Crippen molar-refractivity contribution in [3.8, 4) is 0 Å². The largest absolute Gasteiger partial charge is 0.383 e. The molecule has 0 aliphatic carbocycles. The van der Waals surface area contributed by atoms with Crippen LogP contribution in [-0.4, -0.2) is 30.4 Å². The van der Waals surface area contributed by atoms with Gasteiger partial charge in [0.15, 0.2) is 5.82 Å². The number of methoxy groups -OCH3 is 1. The number of rotatable bonds is 7. The fraction of sp³-hybridized carbons (Fsp3) is 0.385. The molecule has 102 valence electrons. The van der Waals surface area contributed by atoms with Crippen molar-refractivity contribution in [2.45, 2.75) is 13.0 Å². The Morgan fingerprint density at radius 1 is 1.42 bits per heavy atom. The van der Waals surface area contributed by atoms with E-state index in [-0.39, 0.29) is 0 Å². The Hall–Kier alpha value is -1.24. The Bertz CT molecular complexity index is 516. The normalized spacial score (nSPS) is 10.8. The summed E-state index contributed by atoms with van der Waals surface area (Å²) in [6, 6.07) is 8.07. The molecule has 2 rings (SSSR count). The first-order valence-electron chi connectivity index (χ1n) is 6.03. The Kier molecular flexibility index (Phi) is 5.50. The van der Waals surface area contributed by atoms with Crippen LogP contribution in [0.3, 0.4) is 0 Å². The van der Waals surface area contributed by atoms with Gasteiger partial charge in [0.1, 0.15) is 0 Å². The van der Waals surface area contributed by atoms with Gasteiger partial charge in [0.05, 0.1) is 13.2 Å². The number of hydrogen-bond acceptors (Lipinski definition) is 5. The van der Waals surface area contributed by atoms with E-state index >= 15 is 0 Å². The van der Waals surface area contributed by atoms with Crippen LogP contribution < -0.4 is 5.32 Å². The number of aromatic nitrogens is 2. The predicted octanol–water partition coefficient (Wildman–Crippen LogP) is 2.16. The molecular weight excluding hydrogens is 310 g/mol. The van der Waals surface area contributed by atoms with E-state index in [1.807, 2.05) is 24.3 Å². The van der Waals surface area contributed by atoms with Crippen molar-refractivity contribution >= 4 is 15.9 Å². The van der Waals surface area contributed by atoms with Gasteiger partial charge in [-0.2, -0.15) is 4.98 Å². The van der Waals surface area contributed by atoms with Crippen LogP contribution in [0.5, 0.6) is 0 Å². The first-order valence-corrected chi connectivity index (χ1v) is 6.83. The van der Waals surface area contributed by atoms with Gasteiger partial charge < -0.3 is 14.6 Å². The first kappa shape index (κ1) is 14.2. The minimum atomic E-state index is 0.564. The number of nitrogens with zero attached hydrogens (tertiary/aromatic N) is 2. The summed E-state index contributed by atoms with van der Waals surface area (Å²) in [6.07, 6.45) is 0.668. The second-order valence-corrected chi connectivity index (χ2v) is 5.00. The quantitative estimate of drug-likeness (QED) is 0.790. The van der Waals surface area contributed by atoms with Crippen LogP contribution in [0.25, 0.3) is 0 Å². The summed E-state index contributed by atoms with van der Waals surface area (Å²) in [4.78, 5) is 4.34. The van der Waals surface area contributed by atoms with Crippen molar-refractivity contribution in [3.63, 3.8) is 0 Å². The summed E-state index contributed by atoms with van der Waals surface area (Å²) in [5, 5.41) is 7.13. The lowest BCUT2D eigenvalue weighted by atomic mass is 10.1. The van der Waals surface area contributed by atoms with Gasteiger partial charge in [0.2, 0.25) is 5.89 Å². The van der Waals surface area contributed by atoms with Gasteiger partial charge in [-0.1, -0.05) is 33.2 Å². The molecule has 0 amide bonds. The Morgan fingerprint density at radius 3 is 3.11 bits per heavy atom. The van der Waals surface area contributed by atoms with Gasteiger partial charge in [-0.05, 0) is 17.7 Å². The molecule has 0 bridgehead atoms. The Balaban J connectivity index is 1.87. The molecule has 0 unspecified atom stereocenters. The van der Waals surface area contributed by atoms with Gasteiger partial charge in [-0.25, -0.2) is 0 Å². The second kappa shape index (κ2) is 7.37. The maximum Gasteiger partial charge on any atom is 0.240 e. The predicted molar refractivity (Wildman–Crippen MR) is 74.8 cm³/mol. The summed E-state index contributed by atoms with van der Waals surface area (Å²) < 4.78 is 11.2. The van der Waals surface area contributed by atoms with Crippen molar-refractivity contribution in [3.05, 3.63) is 46.0 Å². The second-order valence-electron chi connectivity index (χ2n) is 4.08. The summed E-state index contributed by atoms with van der Waals surface area (Å²) in [5.41, 5.74) is 1.15. The number of benzene rings is 1. The average Bonchev–Trinajstić information content (AvgIpc) is 2.82. The minimum Gasteiger partial charge on any atom is -0.383 e. The lowest BCUT2D eigenvalue weighted by molar-refractivity contribution is 0.197. The van der Waals surface area contributed by atoms with Crippen molar-refractivity contribution in [1.82, 2.24) is 15.5 Å². The smallest absolute Gasteiger partial charge is 0.240 e. The van der Waals surface area contributed by atoms with Crippen LogP contribution >= 0.6 is 15.9 Å². The van der Waals surface area contributed by atoms with Gasteiger partial charge in [0.25, 0.3) is 0 Å². The molecule has 0 saturated carbocycles. The molecule has 5 nitrogen and oxygen atoms in total. The number of ether oxygens (including phenoxy) is 1. The molecular formula is C13H16BrN3O2. The highest BCUT2D eigenvalue weighted by atomic mass is 79.9. The highest BCUT2D eigenvalue weighted by Crippen LogP contribution is 2.14. The molecule has 1 aromatic heterocycles. The van der Waals surface area contributed by atoms with Gasteiger partial charge in [0, 0.05) is 24.5 Å². The number of nitrogens with one attached hydrogen (secondary N) is 1. The molecule has 1 heterocycles. The van der Waals surface area contributed by atoms with E-state index in [0.717, 1.165) is 16.6 Å². The number of halogens is 1. The molecule has 1 N–H and O–H groups in total. The maximum atomic E-state index is 5.17. The topological polar surface area (TPSA) is 60.2 Å². The van der Waals surface area contributed by atoms with Gasteiger partial charge >= 0.3 is 0 Å². The summed E-state index contributed by atoms with van der Waals surface area (Å²) in [6.45, 7) is 1.99. The third-order valence-electron chi connectivity index (χ3n) is 2.52. The van der Waals surface area contributed by atoms with E-state index in [2.05, 4.69) is 31.4 Å². The Morgan fingerprint density at radius 2 is 2.32 bits per heavy atom. The van der Waals surface area contributed by atoms with Crippen molar-refractivity contribution < 1.29 is 9.26 Å². The van der Waals surface area contributed by atoms with Crippen LogP contribution in [0.15, 0.2) is 33.3 Å². The Labute approximate surface area is 120 Å². The molecule has 0 saturated heterocycles. The van der Waals surface area contributed by atoms with Gasteiger partial charge in [-0.15, -0.1) is 0 Å². The third-order valence-corrected chi connectivity index (χ3v) is 3.01. The van der Waals surface area contributed by atoms with Crippen molar-refractivity contribution in [2.75, 3.05) is 20.3 Å². The lowest BCUT2D eigenvalue weighted by Gasteiger charge is -1.99. The standard InChI is InChI=1S/C13H16BrN3O2/c1-18-6-5-15-9-13-16-12(17-19-13)8-10-3-2-4-11(14)7-10/h2-4,7,15H,5-6,8-9H2,1H3. The zero-order valence-electron chi connectivity index (χ0n) is 10.7. The number of hydrogen-bond donors (Lipinski definition) is 1. The summed E-state index contributed by atoms with van der Waals surface area (Å²) >= 11 is 3.44. The average molecular weight is 326 g/mol. The molecule has 0 aliphatic rings. The highest BCUT2D eigenvalue weighted by Gasteiger charge is 2.06. The summed E-state index contributed by atoms with van der Waals surface area (Å²) in [5.74, 6) is 1.29. The molecule has 19 heavy (non-hydrogen) atoms.